The van der Waals surface area contributed by atoms with Crippen LogP contribution in [0.2, 0.25) is 0 Å². The number of hydrogen-bond acceptors (Lipinski definition) is 5. The van der Waals surface area contributed by atoms with E-state index in [0.29, 0.717) is 12.8 Å². The monoisotopic (exact) mass is 335 g/mol. The quantitative estimate of drug-likeness (QED) is 0.445. The van der Waals surface area contributed by atoms with Crippen molar-refractivity contribution in [3.63, 3.8) is 0 Å². The number of allylic oxidation sites excluding steroid dienone is 1. The highest BCUT2D eigenvalue weighted by Crippen LogP contribution is 2.48. The van der Waals surface area contributed by atoms with Crippen molar-refractivity contribution >= 4 is 5.97 Å². The molecular weight excluding hydrogens is 310 g/mol. The lowest BCUT2D eigenvalue weighted by Crippen LogP contribution is -2.31. The van der Waals surface area contributed by atoms with Gasteiger partial charge >= 0.3 is 5.97 Å². The molecule has 24 heavy (non-hydrogen) atoms. The third-order valence-electron chi connectivity index (χ3n) is 5.42. The first kappa shape index (κ1) is 17.3. The van der Waals surface area contributed by atoms with Crippen LogP contribution in [0, 0.1) is 29.6 Å². The zero-order valence-corrected chi connectivity index (χ0v) is 13.7. The van der Waals surface area contributed by atoms with E-state index >= 15 is 0 Å². The lowest BCUT2D eigenvalue weighted by Gasteiger charge is -2.30. The molecule has 4 atom stereocenters. The first-order chi connectivity index (χ1) is 11.6. The summed E-state index contributed by atoms with van der Waals surface area (Å²) in [4.78, 5) is 15.3. The third-order valence-corrected chi connectivity index (χ3v) is 5.42. The predicted molar refractivity (Wildman–Crippen MR) is 86.3 cm³/mol. The van der Waals surface area contributed by atoms with Gasteiger partial charge < -0.3 is 15.3 Å². The van der Waals surface area contributed by atoms with Crippen molar-refractivity contribution in [3.8, 4) is 11.8 Å². The van der Waals surface area contributed by atoms with Crippen LogP contribution in [0.1, 0.15) is 44.9 Å². The molecule has 132 valence electrons. The molecule has 0 bridgehead atoms. The van der Waals surface area contributed by atoms with Crippen LogP contribution < -0.4 is 5.48 Å². The number of carbonyl (C=O) groups is 1. The van der Waals surface area contributed by atoms with Gasteiger partial charge in [-0.2, -0.15) is 0 Å². The summed E-state index contributed by atoms with van der Waals surface area (Å²) in [6.07, 6.45) is 5.74. The molecule has 2 fully saturated rings. The number of aliphatic hydroxyl groups excluding tert-OH is 2. The van der Waals surface area contributed by atoms with Crippen molar-refractivity contribution in [2.24, 2.45) is 17.8 Å². The standard InChI is InChI=1S/C18H25NO5/c20-16(11-4-2-1-3-5-11)7-6-12-13-8-15(14(13)9-17(12)21)19-24-10-18(22)23/h11-13,16-17,19-21H,1-5,8-10H2,(H,22,23). The van der Waals surface area contributed by atoms with Gasteiger partial charge in [-0.1, -0.05) is 31.1 Å². The molecule has 0 spiro atoms. The Morgan fingerprint density at radius 3 is 2.75 bits per heavy atom. The molecule has 3 aliphatic carbocycles. The molecule has 0 radical (unpaired) electrons. The number of carboxylic acid groups (broad SMARTS) is 1. The average Bonchev–Trinajstić information content (AvgIpc) is 2.81. The SMILES string of the molecule is O=C(O)CONC1=C2CC(O)C(C#CC(O)C3CCCCC3)C2C1. The molecule has 0 aromatic carbocycles. The first-order valence-electron chi connectivity index (χ1n) is 8.75. The number of carboxylic acids is 1. The second kappa shape index (κ2) is 7.56. The fourth-order valence-corrected chi connectivity index (χ4v) is 4.04. The van der Waals surface area contributed by atoms with Crippen LogP contribution in [0.25, 0.3) is 0 Å². The van der Waals surface area contributed by atoms with E-state index in [-0.39, 0.29) is 17.8 Å². The zero-order valence-electron chi connectivity index (χ0n) is 13.7. The van der Waals surface area contributed by atoms with Crippen molar-refractivity contribution in [3.05, 3.63) is 11.3 Å². The minimum atomic E-state index is -1.03. The molecule has 0 saturated heterocycles. The number of hydrogen-bond donors (Lipinski definition) is 4. The number of rotatable bonds is 5. The molecule has 6 nitrogen and oxygen atoms in total. The Labute approximate surface area is 141 Å². The minimum Gasteiger partial charge on any atom is -0.479 e. The molecule has 4 N–H and O–H groups in total. The van der Waals surface area contributed by atoms with Gasteiger partial charge in [-0.3, -0.25) is 10.3 Å². The van der Waals surface area contributed by atoms with Gasteiger partial charge in [0.15, 0.2) is 6.61 Å². The van der Waals surface area contributed by atoms with Crippen LogP contribution in [0.4, 0.5) is 0 Å². The number of hydroxylamine groups is 1. The van der Waals surface area contributed by atoms with Crippen molar-refractivity contribution in [2.45, 2.75) is 57.2 Å². The number of fused-ring (bicyclic) bond motifs is 1. The van der Waals surface area contributed by atoms with E-state index in [1.54, 1.807) is 0 Å². The van der Waals surface area contributed by atoms with Crippen molar-refractivity contribution in [1.29, 1.82) is 0 Å². The van der Waals surface area contributed by atoms with E-state index < -0.39 is 24.8 Å². The summed E-state index contributed by atoms with van der Waals surface area (Å²) in [5.41, 5.74) is 4.60. The Kier molecular flexibility index (Phi) is 5.44. The average molecular weight is 335 g/mol. The smallest absolute Gasteiger partial charge is 0.332 e. The van der Waals surface area contributed by atoms with Crippen LogP contribution in [0.3, 0.4) is 0 Å². The van der Waals surface area contributed by atoms with Gasteiger partial charge in [0, 0.05) is 11.6 Å². The number of aliphatic hydroxyl groups is 2. The van der Waals surface area contributed by atoms with Crippen LogP contribution in [-0.2, 0) is 9.63 Å². The van der Waals surface area contributed by atoms with Gasteiger partial charge in [0.05, 0.1) is 12.0 Å². The topological polar surface area (TPSA) is 99.0 Å². The maximum Gasteiger partial charge on any atom is 0.332 e. The maximum absolute atomic E-state index is 10.4. The predicted octanol–water partition coefficient (Wildman–Crippen LogP) is 1.19. The van der Waals surface area contributed by atoms with E-state index in [0.717, 1.165) is 37.0 Å². The number of nitrogens with one attached hydrogen (secondary N) is 1. The molecule has 2 saturated carbocycles. The number of aliphatic carboxylic acids is 1. The Hall–Kier alpha value is -1.55. The van der Waals surface area contributed by atoms with Gasteiger partial charge in [0.1, 0.15) is 6.10 Å². The second-order valence-corrected chi connectivity index (χ2v) is 7.03. The van der Waals surface area contributed by atoms with Crippen LogP contribution in [0.15, 0.2) is 11.3 Å². The van der Waals surface area contributed by atoms with E-state index in [1.807, 2.05) is 0 Å². The highest BCUT2D eigenvalue weighted by molar-refractivity contribution is 5.67. The first-order valence-corrected chi connectivity index (χ1v) is 8.75. The molecule has 4 unspecified atom stereocenters. The maximum atomic E-state index is 10.4. The molecule has 0 heterocycles. The van der Waals surface area contributed by atoms with Crippen molar-refractivity contribution in [1.82, 2.24) is 5.48 Å². The van der Waals surface area contributed by atoms with E-state index in [4.69, 9.17) is 9.94 Å². The summed E-state index contributed by atoms with van der Waals surface area (Å²) in [5.74, 6) is 5.35. The second-order valence-electron chi connectivity index (χ2n) is 7.03. The molecule has 0 amide bonds. The minimum absolute atomic E-state index is 0.150. The summed E-state index contributed by atoms with van der Waals surface area (Å²) in [5, 5.41) is 29.1. The molecular formula is C18H25NO5. The molecule has 0 aromatic heterocycles. The van der Waals surface area contributed by atoms with Crippen LogP contribution in [0.5, 0.6) is 0 Å². The highest BCUT2D eigenvalue weighted by Gasteiger charge is 2.45. The van der Waals surface area contributed by atoms with Gasteiger partial charge in [-0.05, 0) is 37.2 Å². The van der Waals surface area contributed by atoms with Crippen molar-refractivity contribution in [2.75, 3.05) is 6.61 Å². The molecule has 3 rings (SSSR count). The van der Waals surface area contributed by atoms with Crippen LogP contribution >= 0.6 is 0 Å². The fourth-order valence-electron chi connectivity index (χ4n) is 4.04. The molecule has 6 heteroatoms. The Balaban J connectivity index is 1.56. The highest BCUT2D eigenvalue weighted by atomic mass is 16.7. The Morgan fingerprint density at radius 2 is 2.04 bits per heavy atom. The lowest BCUT2D eigenvalue weighted by atomic mass is 9.79. The van der Waals surface area contributed by atoms with Gasteiger partial charge in [-0.25, -0.2) is 4.79 Å². The van der Waals surface area contributed by atoms with Crippen LogP contribution in [-0.4, -0.2) is 40.1 Å². The van der Waals surface area contributed by atoms with Gasteiger partial charge in [0.25, 0.3) is 0 Å². The molecule has 0 aliphatic heterocycles. The molecule has 0 aromatic rings. The van der Waals surface area contributed by atoms with Gasteiger partial charge in [0.2, 0.25) is 0 Å². The van der Waals surface area contributed by atoms with E-state index in [1.165, 1.54) is 6.42 Å². The summed E-state index contributed by atoms with van der Waals surface area (Å²) in [7, 11) is 0. The Bertz CT molecular complexity index is 570. The van der Waals surface area contributed by atoms with Gasteiger partial charge in [-0.15, -0.1) is 0 Å². The largest absolute Gasteiger partial charge is 0.479 e. The van der Waals surface area contributed by atoms with Crippen molar-refractivity contribution < 1.29 is 25.0 Å². The van der Waals surface area contributed by atoms with E-state index in [2.05, 4.69) is 17.3 Å². The summed E-state index contributed by atoms with van der Waals surface area (Å²) < 4.78 is 0. The fraction of sp³-hybridized carbons (Fsp3) is 0.722. The molecule has 3 aliphatic rings. The summed E-state index contributed by atoms with van der Waals surface area (Å²) in [6.45, 7) is -0.402. The summed E-state index contributed by atoms with van der Waals surface area (Å²) >= 11 is 0. The Morgan fingerprint density at radius 1 is 1.29 bits per heavy atom. The van der Waals surface area contributed by atoms with E-state index in [9.17, 15) is 15.0 Å². The lowest BCUT2D eigenvalue weighted by molar-refractivity contribution is -0.144. The normalized spacial score (nSPS) is 30.8. The summed E-state index contributed by atoms with van der Waals surface area (Å²) in [6, 6.07) is 0. The zero-order chi connectivity index (χ0) is 17.1. The third kappa shape index (κ3) is 3.75.